The highest BCUT2D eigenvalue weighted by molar-refractivity contribution is 5.91. The summed E-state index contributed by atoms with van der Waals surface area (Å²) in [5.41, 5.74) is 0.928. The number of hydrogen-bond acceptors (Lipinski definition) is 2. The molecule has 0 spiro atoms. The van der Waals surface area contributed by atoms with E-state index in [1.54, 1.807) is 17.0 Å². The van der Waals surface area contributed by atoms with Gasteiger partial charge in [0.1, 0.15) is 0 Å². The molecule has 1 aromatic rings. The van der Waals surface area contributed by atoms with Crippen LogP contribution in [0.2, 0.25) is 0 Å². The van der Waals surface area contributed by atoms with Gasteiger partial charge in [-0.05, 0) is 12.0 Å². The van der Waals surface area contributed by atoms with E-state index in [9.17, 15) is 4.79 Å². The first-order valence-corrected chi connectivity index (χ1v) is 5.02. The molecule has 4 nitrogen and oxygen atoms in total. The Kier molecular flexibility index (Phi) is 4.09. The molecule has 82 valence electrons. The second-order valence-corrected chi connectivity index (χ2v) is 3.92. The van der Waals surface area contributed by atoms with Crippen LogP contribution in [0, 0.1) is 5.92 Å². The van der Waals surface area contributed by atoms with Crippen LogP contribution < -0.4 is 5.32 Å². The van der Waals surface area contributed by atoms with Crippen LogP contribution in [0.15, 0.2) is 18.5 Å². The molecular weight excluding hydrogens is 190 g/mol. The lowest BCUT2D eigenvalue weighted by atomic mass is 10.2. The molecular formula is C11H17N3O. The maximum atomic E-state index is 11.3. The molecule has 0 aliphatic heterocycles. The van der Waals surface area contributed by atoms with Gasteiger partial charge in [0.25, 0.3) is 0 Å². The average Bonchev–Trinajstić information content (AvgIpc) is 2.58. The van der Waals surface area contributed by atoms with E-state index in [0.29, 0.717) is 12.5 Å². The smallest absolute Gasteiger partial charge is 0.244 e. The lowest BCUT2D eigenvalue weighted by Crippen LogP contribution is -2.25. The molecule has 0 atom stereocenters. The molecule has 1 N–H and O–H groups in total. The van der Waals surface area contributed by atoms with E-state index in [-0.39, 0.29) is 5.91 Å². The van der Waals surface area contributed by atoms with Crippen LogP contribution in [0.3, 0.4) is 0 Å². The van der Waals surface area contributed by atoms with Crippen molar-refractivity contribution in [3.05, 3.63) is 24.0 Å². The summed E-state index contributed by atoms with van der Waals surface area (Å²) >= 11 is 0. The summed E-state index contributed by atoms with van der Waals surface area (Å²) in [5, 5.41) is 6.81. The first-order chi connectivity index (χ1) is 7.08. The Morgan fingerprint density at radius 2 is 2.40 bits per heavy atom. The topological polar surface area (TPSA) is 46.9 Å². The van der Waals surface area contributed by atoms with Crippen molar-refractivity contribution >= 4 is 12.0 Å². The second kappa shape index (κ2) is 5.34. The Bertz CT molecular complexity index is 352. The van der Waals surface area contributed by atoms with E-state index in [1.165, 1.54) is 6.08 Å². The number of nitrogens with zero attached hydrogens (tertiary/aromatic N) is 2. The summed E-state index contributed by atoms with van der Waals surface area (Å²) in [4.78, 5) is 11.3. The third-order valence-electron chi connectivity index (χ3n) is 1.84. The average molecular weight is 207 g/mol. The van der Waals surface area contributed by atoms with Gasteiger partial charge >= 0.3 is 0 Å². The first kappa shape index (κ1) is 11.5. The number of carbonyl (C=O) groups excluding carboxylic acids is 1. The van der Waals surface area contributed by atoms with Crippen LogP contribution >= 0.6 is 0 Å². The van der Waals surface area contributed by atoms with Crippen molar-refractivity contribution < 1.29 is 4.79 Å². The highest BCUT2D eigenvalue weighted by Crippen LogP contribution is 1.98. The van der Waals surface area contributed by atoms with E-state index in [1.807, 2.05) is 13.2 Å². The van der Waals surface area contributed by atoms with Crippen LogP contribution in [0.4, 0.5) is 0 Å². The molecule has 0 saturated heterocycles. The number of amides is 1. The van der Waals surface area contributed by atoms with Crippen molar-refractivity contribution in [3.63, 3.8) is 0 Å². The van der Waals surface area contributed by atoms with Gasteiger partial charge in [0.05, 0.1) is 6.20 Å². The van der Waals surface area contributed by atoms with Crippen molar-refractivity contribution in [2.45, 2.75) is 13.8 Å². The van der Waals surface area contributed by atoms with Gasteiger partial charge in [0.15, 0.2) is 0 Å². The molecule has 0 aliphatic rings. The lowest BCUT2D eigenvalue weighted by molar-refractivity contribution is -0.116. The molecule has 0 fully saturated rings. The fourth-order valence-corrected chi connectivity index (χ4v) is 1.06. The largest absolute Gasteiger partial charge is 0.352 e. The molecule has 1 rings (SSSR count). The normalized spacial score (nSPS) is 11.2. The van der Waals surface area contributed by atoms with Crippen LogP contribution in [-0.2, 0) is 11.8 Å². The number of hydrogen-bond donors (Lipinski definition) is 1. The van der Waals surface area contributed by atoms with Gasteiger partial charge in [-0.1, -0.05) is 13.8 Å². The maximum absolute atomic E-state index is 11.3. The number of aromatic nitrogens is 2. The minimum Gasteiger partial charge on any atom is -0.352 e. The van der Waals surface area contributed by atoms with E-state index < -0.39 is 0 Å². The fourth-order valence-electron chi connectivity index (χ4n) is 1.06. The van der Waals surface area contributed by atoms with E-state index in [0.717, 1.165) is 5.56 Å². The summed E-state index contributed by atoms with van der Waals surface area (Å²) in [6, 6.07) is 0. The zero-order valence-electron chi connectivity index (χ0n) is 9.40. The third-order valence-corrected chi connectivity index (χ3v) is 1.84. The molecule has 0 bridgehead atoms. The summed E-state index contributed by atoms with van der Waals surface area (Å²) in [6.45, 7) is 4.83. The van der Waals surface area contributed by atoms with Crippen molar-refractivity contribution in [2.75, 3.05) is 6.54 Å². The summed E-state index contributed by atoms with van der Waals surface area (Å²) in [5.74, 6) is 0.410. The molecule has 1 heterocycles. The van der Waals surface area contributed by atoms with Crippen molar-refractivity contribution in [2.24, 2.45) is 13.0 Å². The van der Waals surface area contributed by atoms with E-state index in [4.69, 9.17) is 0 Å². The maximum Gasteiger partial charge on any atom is 0.244 e. The van der Waals surface area contributed by atoms with Gasteiger partial charge in [-0.25, -0.2) is 0 Å². The predicted octanol–water partition coefficient (Wildman–Crippen LogP) is 1.21. The van der Waals surface area contributed by atoms with Gasteiger partial charge in [-0.15, -0.1) is 0 Å². The Morgan fingerprint density at radius 1 is 1.67 bits per heavy atom. The molecule has 0 radical (unpaired) electrons. The van der Waals surface area contributed by atoms with Crippen LogP contribution in [0.5, 0.6) is 0 Å². The molecule has 4 heteroatoms. The van der Waals surface area contributed by atoms with Crippen LogP contribution in [-0.4, -0.2) is 22.2 Å². The third kappa shape index (κ3) is 4.44. The van der Waals surface area contributed by atoms with Gasteiger partial charge in [-0.2, -0.15) is 5.10 Å². The van der Waals surface area contributed by atoms with Gasteiger partial charge in [-0.3, -0.25) is 9.48 Å². The van der Waals surface area contributed by atoms with Gasteiger partial charge in [0.2, 0.25) is 5.91 Å². The predicted molar refractivity (Wildman–Crippen MR) is 60.1 cm³/mol. The van der Waals surface area contributed by atoms with Crippen LogP contribution in [0.25, 0.3) is 6.08 Å². The number of aryl methyl sites for hydroxylation is 1. The Morgan fingerprint density at radius 3 is 2.93 bits per heavy atom. The molecule has 1 aromatic heterocycles. The van der Waals surface area contributed by atoms with E-state index in [2.05, 4.69) is 24.3 Å². The van der Waals surface area contributed by atoms with Crippen molar-refractivity contribution in [3.8, 4) is 0 Å². The molecule has 0 saturated carbocycles. The quantitative estimate of drug-likeness (QED) is 0.754. The van der Waals surface area contributed by atoms with E-state index >= 15 is 0 Å². The zero-order chi connectivity index (χ0) is 11.3. The summed E-state index contributed by atoms with van der Waals surface area (Å²) < 4.78 is 1.70. The highest BCUT2D eigenvalue weighted by Gasteiger charge is 1.97. The highest BCUT2D eigenvalue weighted by atomic mass is 16.1. The monoisotopic (exact) mass is 207 g/mol. The minimum absolute atomic E-state index is 0.0625. The SMILES string of the molecule is CC(C)CNC(=O)/C=C/c1cnn(C)c1. The summed E-state index contributed by atoms with van der Waals surface area (Å²) in [7, 11) is 1.84. The Hall–Kier alpha value is -1.58. The van der Waals surface area contributed by atoms with Crippen molar-refractivity contribution in [1.29, 1.82) is 0 Å². The Labute approximate surface area is 90.0 Å². The molecule has 1 amide bonds. The zero-order valence-corrected chi connectivity index (χ0v) is 9.40. The molecule has 15 heavy (non-hydrogen) atoms. The molecule has 0 aromatic carbocycles. The molecule has 0 unspecified atom stereocenters. The number of carbonyl (C=O) groups is 1. The first-order valence-electron chi connectivity index (χ1n) is 5.02. The van der Waals surface area contributed by atoms with Gasteiger partial charge in [0, 0.05) is 31.4 Å². The van der Waals surface area contributed by atoms with Gasteiger partial charge < -0.3 is 5.32 Å². The summed E-state index contributed by atoms with van der Waals surface area (Å²) in [6.07, 6.45) is 6.85. The fraction of sp³-hybridized carbons (Fsp3) is 0.455. The molecule has 0 aliphatic carbocycles. The van der Waals surface area contributed by atoms with Crippen LogP contribution in [0.1, 0.15) is 19.4 Å². The van der Waals surface area contributed by atoms with Crippen molar-refractivity contribution in [1.82, 2.24) is 15.1 Å². The second-order valence-electron chi connectivity index (χ2n) is 3.92. The lowest BCUT2D eigenvalue weighted by Gasteiger charge is -2.03. The Balaban J connectivity index is 2.40. The minimum atomic E-state index is -0.0625. The number of nitrogens with one attached hydrogen (secondary N) is 1. The number of rotatable bonds is 4. The standard InChI is InChI=1S/C11H17N3O/c1-9(2)6-12-11(15)5-4-10-7-13-14(3)8-10/h4-5,7-9H,6H2,1-3H3,(H,12,15)/b5-4+.